The lowest BCUT2D eigenvalue weighted by Crippen LogP contribution is -2.19. The van der Waals surface area contributed by atoms with E-state index in [0.717, 1.165) is 0 Å². The lowest BCUT2D eigenvalue weighted by atomic mass is 10.7. The number of rotatable bonds is 2. The third kappa shape index (κ3) is 8.41. The zero-order valence-corrected chi connectivity index (χ0v) is 14.2. The van der Waals surface area contributed by atoms with E-state index >= 15 is 0 Å². The van der Waals surface area contributed by atoms with Crippen molar-refractivity contribution in [1.82, 2.24) is 1.33 Å². The van der Waals surface area contributed by atoms with Crippen molar-refractivity contribution in [3.63, 3.8) is 0 Å². The molecule has 6 nitrogen and oxygen atoms in total. The summed E-state index contributed by atoms with van der Waals surface area (Å²) in [7, 11) is 0. The quantitative estimate of drug-likeness (QED) is 0.100. The second-order valence-corrected chi connectivity index (χ2v) is 6.92. The van der Waals surface area contributed by atoms with E-state index in [2.05, 4.69) is 14.5 Å². The first-order valence-electron chi connectivity index (χ1n) is 3.56. The summed E-state index contributed by atoms with van der Waals surface area (Å²) in [6.45, 7) is 2.67. The van der Waals surface area contributed by atoms with Crippen molar-refractivity contribution >= 4 is 84.2 Å². The van der Waals surface area contributed by atoms with Crippen LogP contribution in [-0.2, 0) is 14.3 Å². The third-order valence-corrected chi connectivity index (χ3v) is 4.41. The van der Waals surface area contributed by atoms with Gasteiger partial charge in [-0.3, -0.25) is 4.79 Å². The van der Waals surface area contributed by atoms with Gasteiger partial charge in [0, 0.05) is 36.4 Å². The van der Waals surface area contributed by atoms with Gasteiger partial charge in [-0.05, 0) is 0 Å². The van der Waals surface area contributed by atoms with Gasteiger partial charge in [0.1, 0.15) is 0 Å². The standard InChI is InChI=1S/C6H7I3N2O4/c1-3(12)14-4(2)15-6(13)10-5(7)11(8)9/h4H,1-2H3. The Balaban J connectivity index is 4.14. The Bertz CT molecular complexity index is 282. The summed E-state index contributed by atoms with van der Waals surface area (Å²) >= 11 is 5.76. The molecule has 0 spiro atoms. The first kappa shape index (κ1) is 15.6. The molecular weight excluding hydrogens is 545 g/mol. The number of aliphatic imine (C=N–C) groups is 1. The van der Waals surface area contributed by atoms with Crippen LogP contribution in [0.5, 0.6) is 0 Å². The highest BCUT2D eigenvalue weighted by Gasteiger charge is 2.12. The van der Waals surface area contributed by atoms with Crippen LogP contribution >= 0.6 is 68.3 Å². The second kappa shape index (κ2) is 7.81. The Labute approximate surface area is 128 Å². The monoisotopic (exact) mass is 552 g/mol. The zero-order chi connectivity index (χ0) is 12.0. The predicted octanol–water partition coefficient (Wildman–Crippen LogP) is 2.83. The van der Waals surface area contributed by atoms with Crippen molar-refractivity contribution in [3.8, 4) is 0 Å². The SMILES string of the molecule is CC(=O)OC(C)OC(=O)N=C(I)N(I)I. The topological polar surface area (TPSA) is 68.2 Å². The largest absolute Gasteiger partial charge is 0.439 e. The molecule has 15 heavy (non-hydrogen) atoms. The number of nitrogens with zero attached hydrogens (tertiary/aromatic N) is 2. The molecule has 0 saturated heterocycles. The zero-order valence-electron chi connectivity index (χ0n) is 7.74. The van der Waals surface area contributed by atoms with Crippen LogP contribution in [0.4, 0.5) is 4.79 Å². The maximum atomic E-state index is 11.1. The lowest BCUT2D eigenvalue weighted by molar-refractivity contribution is -0.161. The van der Waals surface area contributed by atoms with Gasteiger partial charge < -0.3 is 9.47 Å². The Morgan fingerprint density at radius 1 is 1.33 bits per heavy atom. The number of ether oxygens (including phenoxy) is 2. The van der Waals surface area contributed by atoms with Crippen LogP contribution < -0.4 is 0 Å². The van der Waals surface area contributed by atoms with Gasteiger partial charge in [-0.15, -0.1) is 0 Å². The van der Waals surface area contributed by atoms with E-state index in [-0.39, 0.29) is 0 Å². The summed E-state index contributed by atoms with van der Waals surface area (Å²) in [4.78, 5) is 25.2. The van der Waals surface area contributed by atoms with Gasteiger partial charge in [-0.25, -0.2) is 6.12 Å². The number of carbonyl (C=O) groups is 2. The Morgan fingerprint density at radius 2 is 1.87 bits per heavy atom. The lowest BCUT2D eigenvalue weighted by Gasteiger charge is -2.11. The van der Waals surface area contributed by atoms with Crippen molar-refractivity contribution in [1.29, 1.82) is 0 Å². The molecule has 1 unspecified atom stereocenters. The van der Waals surface area contributed by atoms with E-state index in [1.807, 2.05) is 68.3 Å². The number of amides is 1. The fraction of sp³-hybridized carbons (Fsp3) is 0.500. The van der Waals surface area contributed by atoms with Gasteiger partial charge in [0.05, 0.1) is 45.7 Å². The minimum Gasteiger partial charge on any atom is -0.426 e. The number of halogens is 3. The average Bonchev–Trinajstić information content (AvgIpc) is 2.00. The Morgan fingerprint density at radius 3 is 2.27 bits per heavy atom. The van der Waals surface area contributed by atoms with Crippen LogP contribution in [0.3, 0.4) is 0 Å². The van der Waals surface area contributed by atoms with Gasteiger partial charge in [0.15, 0.2) is 3.84 Å². The summed E-state index contributed by atoms with van der Waals surface area (Å²) in [5.74, 6) is -0.515. The molecule has 86 valence electrons. The van der Waals surface area contributed by atoms with Gasteiger partial charge in [0.2, 0.25) is 6.29 Å². The van der Waals surface area contributed by atoms with Gasteiger partial charge in [-0.2, -0.15) is 4.99 Å². The molecule has 0 aliphatic rings. The molecule has 0 saturated carbocycles. The number of hydrogen-bond donors (Lipinski definition) is 0. The average molecular weight is 552 g/mol. The van der Waals surface area contributed by atoms with E-state index in [4.69, 9.17) is 0 Å². The molecule has 1 atom stereocenters. The number of carbonyl (C=O) groups excluding carboxylic acids is 2. The van der Waals surface area contributed by atoms with Gasteiger partial charge in [-0.1, -0.05) is 0 Å². The summed E-state index contributed by atoms with van der Waals surface area (Å²) in [6.07, 6.45) is -1.73. The molecule has 9 heteroatoms. The van der Waals surface area contributed by atoms with E-state index in [0.29, 0.717) is 3.84 Å². The fourth-order valence-corrected chi connectivity index (χ4v) is 0.952. The van der Waals surface area contributed by atoms with Gasteiger partial charge in [0.25, 0.3) is 0 Å². The predicted molar refractivity (Wildman–Crippen MR) is 79.0 cm³/mol. The molecule has 0 aromatic heterocycles. The maximum absolute atomic E-state index is 11.1. The molecule has 0 aromatic carbocycles. The molecule has 0 fully saturated rings. The van der Waals surface area contributed by atoms with E-state index in [1.165, 1.54) is 13.8 Å². The van der Waals surface area contributed by atoms with Crippen LogP contribution in [0.25, 0.3) is 0 Å². The molecule has 0 aromatic rings. The highest BCUT2D eigenvalue weighted by Crippen LogP contribution is 2.14. The van der Waals surface area contributed by atoms with Crippen molar-refractivity contribution < 1.29 is 19.1 Å². The Hall–Kier alpha value is 0.600. The highest BCUT2D eigenvalue weighted by molar-refractivity contribution is 14.2. The van der Waals surface area contributed by atoms with Crippen LogP contribution in [0, 0.1) is 0 Å². The minimum absolute atomic E-state index is 0.453. The van der Waals surface area contributed by atoms with Crippen molar-refractivity contribution in [3.05, 3.63) is 0 Å². The number of esters is 1. The van der Waals surface area contributed by atoms with Crippen molar-refractivity contribution in [2.45, 2.75) is 20.1 Å². The van der Waals surface area contributed by atoms with Crippen LogP contribution in [0.1, 0.15) is 13.8 Å². The summed E-state index contributed by atoms with van der Waals surface area (Å²) < 4.78 is 11.3. The first-order chi connectivity index (χ1) is 6.82. The maximum Gasteiger partial charge on any atom is 0.439 e. The molecule has 0 rings (SSSR count). The summed E-state index contributed by atoms with van der Waals surface area (Å²) in [5.41, 5.74) is 0. The molecule has 1 amide bonds. The molecule has 0 radical (unpaired) electrons. The summed E-state index contributed by atoms with van der Waals surface area (Å²) in [5, 5.41) is 0. The van der Waals surface area contributed by atoms with Crippen molar-refractivity contribution in [2.75, 3.05) is 0 Å². The Kier molecular flexibility index (Phi) is 8.12. The van der Waals surface area contributed by atoms with Crippen LogP contribution in [0.15, 0.2) is 4.99 Å². The van der Waals surface area contributed by atoms with E-state index < -0.39 is 18.4 Å². The van der Waals surface area contributed by atoms with Crippen LogP contribution in [0.2, 0.25) is 0 Å². The van der Waals surface area contributed by atoms with E-state index in [9.17, 15) is 9.59 Å². The number of amidine groups is 1. The minimum atomic E-state index is -0.931. The van der Waals surface area contributed by atoms with Crippen LogP contribution in [-0.4, -0.2) is 23.5 Å². The van der Waals surface area contributed by atoms with E-state index in [1.54, 1.807) is 1.33 Å². The molecule has 0 aliphatic heterocycles. The fourth-order valence-electron chi connectivity index (χ4n) is 0.539. The molecule has 0 heterocycles. The number of hydrogen-bond acceptors (Lipinski definition) is 4. The molecular formula is C6H7I3N2O4. The third-order valence-electron chi connectivity index (χ3n) is 0.922. The van der Waals surface area contributed by atoms with Crippen molar-refractivity contribution in [2.24, 2.45) is 4.99 Å². The molecule has 0 bridgehead atoms. The summed E-state index contributed by atoms with van der Waals surface area (Å²) in [6, 6.07) is 0. The normalized spacial score (nSPS) is 13.0. The molecule has 0 aliphatic carbocycles. The smallest absolute Gasteiger partial charge is 0.426 e. The first-order valence-corrected chi connectivity index (χ1v) is 6.57. The second-order valence-electron chi connectivity index (χ2n) is 2.17. The highest BCUT2D eigenvalue weighted by atomic mass is 127. The van der Waals surface area contributed by atoms with Gasteiger partial charge >= 0.3 is 12.1 Å². The molecule has 0 N–H and O–H groups in total.